The van der Waals surface area contributed by atoms with Gasteiger partial charge in [0.05, 0.1) is 6.10 Å². The highest BCUT2D eigenvalue weighted by molar-refractivity contribution is 4.72. The second-order valence-corrected chi connectivity index (χ2v) is 6.14. The van der Waals surface area contributed by atoms with Gasteiger partial charge in [-0.3, -0.25) is 0 Å². The number of hydrogen-bond acceptors (Lipinski definition) is 1. The van der Waals surface area contributed by atoms with E-state index in [1.54, 1.807) is 0 Å². The van der Waals surface area contributed by atoms with Gasteiger partial charge in [0.1, 0.15) is 0 Å². The molecule has 1 aliphatic carbocycles. The molecule has 0 bridgehead atoms. The van der Waals surface area contributed by atoms with Gasteiger partial charge in [0, 0.05) is 0 Å². The van der Waals surface area contributed by atoms with Crippen molar-refractivity contribution in [3.8, 4) is 0 Å². The van der Waals surface area contributed by atoms with E-state index in [0.717, 1.165) is 25.2 Å². The molecule has 1 nitrogen and oxygen atoms in total. The SMILES string of the molecule is CC(C)(C)CCC(O)CC1CCCC1. The van der Waals surface area contributed by atoms with E-state index >= 15 is 0 Å². The molecule has 1 N–H and O–H groups in total. The Morgan fingerprint density at radius 2 is 1.79 bits per heavy atom. The lowest BCUT2D eigenvalue weighted by atomic mass is 9.87. The lowest BCUT2D eigenvalue weighted by Crippen LogP contribution is -2.15. The summed E-state index contributed by atoms with van der Waals surface area (Å²) in [5.41, 5.74) is 0.372. The van der Waals surface area contributed by atoms with Crippen molar-refractivity contribution in [2.24, 2.45) is 11.3 Å². The van der Waals surface area contributed by atoms with E-state index in [-0.39, 0.29) is 6.10 Å². The Morgan fingerprint density at radius 1 is 1.21 bits per heavy atom. The van der Waals surface area contributed by atoms with Crippen molar-refractivity contribution >= 4 is 0 Å². The molecule has 0 heterocycles. The monoisotopic (exact) mass is 198 g/mol. The highest BCUT2D eigenvalue weighted by Gasteiger charge is 2.20. The van der Waals surface area contributed by atoms with Gasteiger partial charge in [-0.05, 0) is 30.6 Å². The summed E-state index contributed by atoms with van der Waals surface area (Å²) >= 11 is 0. The summed E-state index contributed by atoms with van der Waals surface area (Å²) in [6.45, 7) is 6.74. The smallest absolute Gasteiger partial charge is 0.0543 e. The van der Waals surface area contributed by atoms with Crippen LogP contribution in [-0.2, 0) is 0 Å². The zero-order valence-corrected chi connectivity index (χ0v) is 10.1. The molecular weight excluding hydrogens is 172 g/mol. The summed E-state index contributed by atoms with van der Waals surface area (Å²) in [4.78, 5) is 0. The summed E-state index contributed by atoms with van der Waals surface area (Å²) in [5.74, 6) is 0.824. The standard InChI is InChI=1S/C13H26O/c1-13(2,3)9-8-12(14)10-11-6-4-5-7-11/h11-12,14H,4-10H2,1-3H3. The van der Waals surface area contributed by atoms with Crippen LogP contribution in [0.3, 0.4) is 0 Å². The van der Waals surface area contributed by atoms with Crippen molar-refractivity contribution in [3.05, 3.63) is 0 Å². The molecule has 1 atom stereocenters. The summed E-state index contributed by atoms with van der Waals surface area (Å²) in [7, 11) is 0. The minimum atomic E-state index is -0.0441. The Balaban J connectivity index is 2.12. The fourth-order valence-corrected chi connectivity index (χ4v) is 2.35. The van der Waals surface area contributed by atoms with Crippen LogP contribution >= 0.6 is 0 Å². The third-order valence-electron chi connectivity index (χ3n) is 3.31. The van der Waals surface area contributed by atoms with Gasteiger partial charge >= 0.3 is 0 Å². The van der Waals surface area contributed by atoms with Crippen LogP contribution in [0.4, 0.5) is 0 Å². The minimum absolute atomic E-state index is 0.0441. The Morgan fingerprint density at radius 3 is 2.29 bits per heavy atom. The van der Waals surface area contributed by atoms with E-state index in [1.165, 1.54) is 25.7 Å². The predicted octanol–water partition coefficient (Wildman–Crippen LogP) is 3.75. The van der Waals surface area contributed by atoms with Crippen molar-refractivity contribution in [2.45, 2.75) is 71.8 Å². The average Bonchev–Trinajstić information content (AvgIpc) is 2.52. The maximum atomic E-state index is 9.87. The molecule has 14 heavy (non-hydrogen) atoms. The summed E-state index contributed by atoms with van der Waals surface area (Å²) in [6, 6.07) is 0. The first-order valence-corrected chi connectivity index (χ1v) is 6.15. The number of rotatable bonds is 4. The van der Waals surface area contributed by atoms with E-state index in [4.69, 9.17) is 0 Å². The highest BCUT2D eigenvalue weighted by Crippen LogP contribution is 2.30. The number of hydrogen-bond donors (Lipinski definition) is 1. The fraction of sp³-hybridized carbons (Fsp3) is 1.00. The molecule has 0 aromatic rings. The maximum Gasteiger partial charge on any atom is 0.0543 e. The first kappa shape index (κ1) is 12.0. The predicted molar refractivity (Wildman–Crippen MR) is 61.3 cm³/mol. The van der Waals surface area contributed by atoms with Gasteiger partial charge in [-0.25, -0.2) is 0 Å². The molecule has 1 heteroatoms. The lowest BCUT2D eigenvalue weighted by Gasteiger charge is -2.21. The molecule has 0 amide bonds. The van der Waals surface area contributed by atoms with Crippen LogP contribution in [-0.4, -0.2) is 11.2 Å². The molecule has 1 aliphatic rings. The second kappa shape index (κ2) is 5.16. The summed E-state index contributed by atoms with van der Waals surface area (Å²) in [5, 5.41) is 9.87. The zero-order chi connectivity index (χ0) is 10.6. The Kier molecular flexibility index (Phi) is 4.43. The van der Waals surface area contributed by atoms with Crippen LogP contribution < -0.4 is 0 Å². The van der Waals surface area contributed by atoms with Gasteiger partial charge in [-0.1, -0.05) is 46.5 Å². The second-order valence-electron chi connectivity index (χ2n) is 6.14. The molecule has 0 saturated heterocycles. The molecule has 0 aliphatic heterocycles. The Labute approximate surface area is 88.9 Å². The van der Waals surface area contributed by atoms with E-state index in [9.17, 15) is 5.11 Å². The van der Waals surface area contributed by atoms with Gasteiger partial charge in [0.2, 0.25) is 0 Å². The van der Waals surface area contributed by atoms with Crippen LogP contribution in [0.15, 0.2) is 0 Å². The van der Waals surface area contributed by atoms with Crippen molar-refractivity contribution in [2.75, 3.05) is 0 Å². The minimum Gasteiger partial charge on any atom is -0.393 e. The fourth-order valence-electron chi connectivity index (χ4n) is 2.35. The van der Waals surface area contributed by atoms with Crippen LogP contribution in [0, 0.1) is 11.3 Å². The molecule has 84 valence electrons. The first-order valence-electron chi connectivity index (χ1n) is 6.15. The van der Waals surface area contributed by atoms with E-state index in [0.29, 0.717) is 5.41 Å². The number of aliphatic hydroxyl groups excluding tert-OH is 1. The van der Waals surface area contributed by atoms with E-state index < -0.39 is 0 Å². The molecule has 1 saturated carbocycles. The lowest BCUT2D eigenvalue weighted by molar-refractivity contribution is 0.118. The van der Waals surface area contributed by atoms with Crippen molar-refractivity contribution in [3.63, 3.8) is 0 Å². The maximum absolute atomic E-state index is 9.87. The topological polar surface area (TPSA) is 20.2 Å². The third kappa shape index (κ3) is 4.99. The van der Waals surface area contributed by atoms with Crippen molar-refractivity contribution in [1.29, 1.82) is 0 Å². The highest BCUT2D eigenvalue weighted by atomic mass is 16.3. The zero-order valence-electron chi connectivity index (χ0n) is 10.1. The average molecular weight is 198 g/mol. The van der Waals surface area contributed by atoms with Crippen LogP contribution in [0.1, 0.15) is 65.7 Å². The van der Waals surface area contributed by atoms with E-state index in [1.807, 2.05) is 0 Å². The van der Waals surface area contributed by atoms with Crippen LogP contribution in [0.25, 0.3) is 0 Å². The quantitative estimate of drug-likeness (QED) is 0.729. The summed E-state index contributed by atoms with van der Waals surface area (Å²) < 4.78 is 0. The van der Waals surface area contributed by atoms with Crippen molar-refractivity contribution < 1.29 is 5.11 Å². The van der Waals surface area contributed by atoms with Crippen LogP contribution in [0.2, 0.25) is 0 Å². The molecule has 0 spiro atoms. The normalized spacial score (nSPS) is 21.4. The molecule has 1 unspecified atom stereocenters. The number of aliphatic hydroxyl groups is 1. The molecule has 1 fully saturated rings. The molecule has 0 aromatic heterocycles. The largest absolute Gasteiger partial charge is 0.393 e. The van der Waals surface area contributed by atoms with E-state index in [2.05, 4.69) is 20.8 Å². The van der Waals surface area contributed by atoms with Gasteiger partial charge < -0.3 is 5.11 Å². The molecule has 0 aromatic carbocycles. The van der Waals surface area contributed by atoms with Crippen LogP contribution in [0.5, 0.6) is 0 Å². The van der Waals surface area contributed by atoms with Gasteiger partial charge in [-0.2, -0.15) is 0 Å². The van der Waals surface area contributed by atoms with Gasteiger partial charge in [0.15, 0.2) is 0 Å². The summed E-state index contributed by atoms with van der Waals surface area (Å²) in [6.07, 6.45) is 8.61. The Hall–Kier alpha value is -0.0400. The first-order chi connectivity index (χ1) is 6.47. The molecular formula is C13H26O. The van der Waals surface area contributed by atoms with Gasteiger partial charge in [0.25, 0.3) is 0 Å². The molecule has 1 rings (SSSR count). The van der Waals surface area contributed by atoms with Crippen molar-refractivity contribution in [1.82, 2.24) is 0 Å². The Bertz CT molecular complexity index is 151. The molecule has 0 radical (unpaired) electrons. The van der Waals surface area contributed by atoms with Gasteiger partial charge in [-0.15, -0.1) is 0 Å². The third-order valence-corrected chi connectivity index (χ3v) is 3.31.